The second-order valence-corrected chi connectivity index (χ2v) is 2.84. The van der Waals surface area contributed by atoms with Gasteiger partial charge in [0.1, 0.15) is 11.5 Å². The van der Waals surface area contributed by atoms with Gasteiger partial charge in [0.05, 0.1) is 18.9 Å². The fourth-order valence-electron chi connectivity index (χ4n) is 0.963. The highest BCUT2D eigenvalue weighted by molar-refractivity contribution is 5.91. The Kier molecular flexibility index (Phi) is 2.67. The molecule has 82 valence electrons. The molecule has 2 rings (SSSR count). The molecule has 0 aliphatic rings. The number of nitrogens with one attached hydrogen (secondary N) is 2. The third-order valence-electron chi connectivity index (χ3n) is 1.70. The van der Waals surface area contributed by atoms with E-state index >= 15 is 0 Å². The number of hydrogen-bond acceptors (Lipinski definition) is 7. The average molecular weight is 220 g/mol. The number of rotatable bonds is 3. The van der Waals surface area contributed by atoms with Gasteiger partial charge in [-0.2, -0.15) is 5.21 Å². The summed E-state index contributed by atoms with van der Waals surface area (Å²) in [4.78, 5) is 19.1. The molecule has 1 amide bonds. The van der Waals surface area contributed by atoms with Crippen LogP contribution in [0.15, 0.2) is 12.4 Å². The number of nitrogens with two attached hydrogens (primary N) is 1. The molecule has 2 aromatic rings. The van der Waals surface area contributed by atoms with Crippen molar-refractivity contribution in [2.24, 2.45) is 0 Å². The van der Waals surface area contributed by atoms with E-state index in [2.05, 4.69) is 35.9 Å². The first-order valence-corrected chi connectivity index (χ1v) is 4.34. The smallest absolute Gasteiger partial charge is 0.271 e. The molecule has 0 aliphatic heterocycles. The molecule has 0 atom stereocenters. The largest absolute Gasteiger partial charge is 0.382 e. The molecule has 0 fully saturated rings. The predicted molar refractivity (Wildman–Crippen MR) is 51.8 cm³/mol. The molecule has 0 saturated heterocycles. The van der Waals surface area contributed by atoms with E-state index < -0.39 is 0 Å². The van der Waals surface area contributed by atoms with Crippen molar-refractivity contribution in [1.82, 2.24) is 35.9 Å². The molecule has 4 N–H and O–H groups in total. The Hall–Kier alpha value is -2.58. The van der Waals surface area contributed by atoms with Gasteiger partial charge in [0, 0.05) is 0 Å². The van der Waals surface area contributed by atoms with Crippen molar-refractivity contribution in [2.75, 3.05) is 5.73 Å². The van der Waals surface area contributed by atoms with Crippen LogP contribution in [0.5, 0.6) is 0 Å². The summed E-state index contributed by atoms with van der Waals surface area (Å²) in [5, 5.41) is 15.5. The van der Waals surface area contributed by atoms with Crippen LogP contribution in [0.25, 0.3) is 0 Å². The van der Waals surface area contributed by atoms with E-state index in [1.54, 1.807) is 0 Å². The molecule has 0 aliphatic carbocycles. The highest BCUT2D eigenvalue weighted by atomic mass is 16.1. The van der Waals surface area contributed by atoms with Crippen molar-refractivity contribution in [3.05, 3.63) is 23.9 Å². The van der Waals surface area contributed by atoms with E-state index in [9.17, 15) is 4.79 Å². The Bertz CT molecular complexity index is 464. The minimum atomic E-state index is -0.377. The first-order valence-electron chi connectivity index (χ1n) is 4.34. The summed E-state index contributed by atoms with van der Waals surface area (Å²) >= 11 is 0. The molecular weight excluding hydrogens is 212 g/mol. The molecule has 0 aromatic carbocycles. The van der Waals surface area contributed by atoms with E-state index in [4.69, 9.17) is 5.73 Å². The molecule has 0 spiro atoms. The molecule has 0 unspecified atom stereocenters. The first-order chi connectivity index (χ1) is 7.75. The summed E-state index contributed by atoms with van der Waals surface area (Å²) < 4.78 is 0. The first kappa shape index (κ1) is 9.96. The number of hydrogen-bond donors (Lipinski definition) is 3. The van der Waals surface area contributed by atoms with Crippen LogP contribution in [0.4, 0.5) is 5.82 Å². The molecule has 2 heterocycles. The quantitative estimate of drug-likeness (QED) is 0.572. The van der Waals surface area contributed by atoms with Crippen LogP contribution < -0.4 is 11.1 Å². The molecule has 9 heteroatoms. The van der Waals surface area contributed by atoms with Crippen molar-refractivity contribution in [3.63, 3.8) is 0 Å². The maximum Gasteiger partial charge on any atom is 0.271 e. The summed E-state index contributed by atoms with van der Waals surface area (Å²) in [6, 6.07) is 0. The topological polar surface area (TPSA) is 135 Å². The van der Waals surface area contributed by atoms with Crippen LogP contribution in [0, 0.1) is 0 Å². The van der Waals surface area contributed by atoms with E-state index in [1.165, 1.54) is 12.4 Å². The molecule has 0 saturated carbocycles. The summed E-state index contributed by atoms with van der Waals surface area (Å²) in [7, 11) is 0. The lowest BCUT2D eigenvalue weighted by molar-refractivity contribution is 0.0944. The van der Waals surface area contributed by atoms with Gasteiger partial charge in [-0.15, -0.1) is 10.2 Å². The number of carbonyl (C=O) groups excluding carboxylic acids is 1. The van der Waals surface area contributed by atoms with Crippen LogP contribution in [0.2, 0.25) is 0 Å². The Labute approximate surface area is 89.5 Å². The Morgan fingerprint density at radius 2 is 2.31 bits per heavy atom. The van der Waals surface area contributed by atoms with E-state index in [-0.39, 0.29) is 24.0 Å². The number of aromatic nitrogens is 6. The Morgan fingerprint density at radius 3 is 2.94 bits per heavy atom. The van der Waals surface area contributed by atoms with Crippen molar-refractivity contribution < 1.29 is 4.79 Å². The van der Waals surface area contributed by atoms with Crippen LogP contribution in [0.3, 0.4) is 0 Å². The standard InChI is InChI=1S/C7H8N8O/c8-5-2-9-4(1-10-5)7(16)11-3-6-12-14-15-13-6/h1-2H,3H2,(H2,8,10)(H,11,16)(H,12,13,14,15). The number of nitrogens with zero attached hydrogens (tertiary/aromatic N) is 5. The zero-order valence-electron chi connectivity index (χ0n) is 8.08. The molecule has 16 heavy (non-hydrogen) atoms. The van der Waals surface area contributed by atoms with Crippen LogP contribution in [-0.4, -0.2) is 36.5 Å². The number of carbonyl (C=O) groups is 1. The van der Waals surface area contributed by atoms with E-state index in [0.29, 0.717) is 5.82 Å². The molecule has 9 nitrogen and oxygen atoms in total. The lowest BCUT2D eigenvalue weighted by Crippen LogP contribution is -2.24. The number of H-pyrrole nitrogens is 1. The fraction of sp³-hybridized carbons (Fsp3) is 0.143. The van der Waals surface area contributed by atoms with Crippen molar-refractivity contribution in [2.45, 2.75) is 6.54 Å². The molecule has 0 radical (unpaired) electrons. The summed E-state index contributed by atoms with van der Waals surface area (Å²) in [6.45, 7) is 0.168. The van der Waals surface area contributed by atoms with Gasteiger partial charge in [0.2, 0.25) is 0 Å². The van der Waals surface area contributed by atoms with Gasteiger partial charge in [-0.1, -0.05) is 5.21 Å². The van der Waals surface area contributed by atoms with Crippen LogP contribution in [0.1, 0.15) is 16.3 Å². The van der Waals surface area contributed by atoms with Crippen molar-refractivity contribution in [3.8, 4) is 0 Å². The molecule has 0 bridgehead atoms. The van der Waals surface area contributed by atoms with Gasteiger partial charge in [0.25, 0.3) is 5.91 Å². The lowest BCUT2D eigenvalue weighted by Gasteiger charge is -2.00. The lowest BCUT2D eigenvalue weighted by atomic mass is 10.4. The van der Waals surface area contributed by atoms with Gasteiger partial charge in [0.15, 0.2) is 5.82 Å². The molecule has 2 aromatic heterocycles. The van der Waals surface area contributed by atoms with Gasteiger partial charge in [-0.3, -0.25) is 4.79 Å². The highest BCUT2D eigenvalue weighted by Gasteiger charge is 2.08. The fourth-order valence-corrected chi connectivity index (χ4v) is 0.963. The highest BCUT2D eigenvalue weighted by Crippen LogP contribution is 1.96. The number of tetrazole rings is 1. The Morgan fingerprint density at radius 1 is 1.44 bits per heavy atom. The third-order valence-corrected chi connectivity index (χ3v) is 1.70. The zero-order valence-corrected chi connectivity index (χ0v) is 8.08. The summed E-state index contributed by atoms with van der Waals surface area (Å²) in [5.74, 6) is 0.267. The van der Waals surface area contributed by atoms with Crippen LogP contribution in [-0.2, 0) is 6.54 Å². The number of anilines is 1. The normalized spacial score (nSPS) is 10.0. The van der Waals surface area contributed by atoms with E-state index in [0.717, 1.165) is 0 Å². The monoisotopic (exact) mass is 220 g/mol. The minimum Gasteiger partial charge on any atom is -0.382 e. The molecular formula is C7H8N8O. The second kappa shape index (κ2) is 4.29. The predicted octanol–water partition coefficient (Wildman–Crippen LogP) is -1.50. The maximum absolute atomic E-state index is 11.5. The van der Waals surface area contributed by atoms with Crippen LogP contribution >= 0.6 is 0 Å². The van der Waals surface area contributed by atoms with Gasteiger partial charge >= 0.3 is 0 Å². The van der Waals surface area contributed by atoms with Gasteiger partial charge in [-0.05, 0) is 0 Å². The van der Waals surface area contributed by atoms with Crippen molar-refractivity contribution >= 4 is 11.7 Å². The second-order valence-electron chi connectivity index (χ2n) is 2.84. The minimum absolute atomic E-state index is 0.168. The third kappa shape index (κ3) is 2.26. The van der Waals surface area contributed by atoms with Crippen molar-refractivity contribution in [1.29, 1.82) is 0 Å². The Balaban J connectivity index is 1.95. The summed E-state index contributed by atoms with van der Waals surface area (Å²) in [6.07, 6.45) is 2.60. The average Bonchev–Trinajstić information content (AvgIpc) is 2.80. The number of aromatic amines is 1. The maximum atomic E-state index is 11.5. The van der Waals surface area contributed by atoms with Gasteiger partial charge < -0.3 is 11.1 Å². The van der Waals surface area contributed by atoms with Gasteiger partial charge in [-0.25, -0.2) is 9.97 Å². The number of nitrogen functional groups attached to an aromatic ring is 1. The number of amides is 1. The zero-order chi connectivity index (χ0) is 11.4. The van der Waals surface area contributed by atoms with E-state index in [1.807, 2.05) is 0 Å². The SMILES string of the molecule is Nc1cnc(C(=O)NCc2nn[nH]n2)cn1. The summed E-state index contributed by atoms with van der Waals surface area (Å²) in [5.41, 5.74) is 5.52.